The average Bonchev–Trinajstić information content (AvgIpc) is 3.31. The highest BCUT2D eigenvalue weighted by atomic mass is 19.1. The summed E-state index contributed by atoms with van der Waals surface area (Å²) in [6.07, 6.45) is 1.02. The van der Waals surface area contributed by atoms with E-state index >= 15 is 4.39 Å². The molecule has 32 heavy (non-hydrogen) atoms. The van der Waals surface area contributed by atoms with Crippen LogP contribution in [0.25, 0.3) is 5.70 Å². The molecule has 4 aromatic rings. The Morgan fingerprint density at radius 1 is 1.00 bits per heavy atom. The fourth-order valence-electron chi connectivity index (χ4n) is 4.47. The fourth-order valence-corrected chi connectivity index (χ4v) is 4.47. The third-order valence-electron chi connectivity index (χ3n) is 5.94. The lowest BCUT2D eigenvalue weighted by atomic mass is 9.84. The van der Waals surface area contributed by atoms with Crippen LogP contribution in [0.15, 0.2) is 84.7 Å². The first-order valence-electron chi connectivity index (χ1n) is 10.3. The molecule has 0 amide bonds. The molecule has 0 unspecified atom stereocenters. The van der Waals surface area contributed by atoms with E-state index in [0.717, 1.165) is 33.9 Å². The molecule has 0 radical (unpaired) electrons. The second-order valence-corrected chi connectivity index (χ2v) is 7.67. The van der Waals surface area contributed by atoms with Crippen molar-refractivity contribution in [2.24, 2.45) is 0 Å². The van der Waals surface area contributed by atoms with Gasteiger partial charge in [-0.25, -0.2) is 9.07 Å². The Labute approximate surface area is 183 Å². The van der Waals surface area contributed by atoms with Crippen molar-refractivity contribution in [3.8, 4) is 11.5 Å². The molecule has 2 aliphatic rings. The molecule has 1 N–H and O–H groups in total. The molecule has 3 heterocycles. The van der Waals surface area contributed by atoms with Gasteiger partial charge < -0.3 is 14.8 Å². The molecule has 1 aromatic heterocycles. The van der Waals surface area contributed by atoms with Crippen LogP contribution in [0.2, 0.25) is 0 Å². The Morgan fingerprint density at radius 3 is 2.59 bits per heavy atom. The summed E-state index contributed by atoms with van der Waals surface area (Å²) in [6, 6.07) is 21.8. The van der Waals surface area contributed by atoms with Crippen molar-refractivity contribution in [3.63, 3.8) is 0 Å². The minimum Gasteiger partial charge on any atom is -0.497 e. The second kappa shape index (κ2) is 7.23. The van der Waals surface area contributed by atoms with Gasteiger partial charge in [0.15, 0.2) is 0 Å². The molecule has 0 spiro atoms. The summed E-state index contributed by atoms with van der Waals surface area (Å²) in [7, 11) is 1.63. The zero-order chi connectivity index (χ0) is 21.7. The van der Waals surface area contributed by atoms with E-state index in [2.05, 4.69) is 15.4 Å². The van der Waals surface area contributed by atoms with Crippen LogP contribution in [0, 0.1) is 5.82 Å². The van der Waals surface area contributed by atoms with Crippen LogP contribution in [0.5, 0.6) is 11.5 Å². The summed E-state index contributed by atoms with van der Waals surface area (Å²) >= 11 is 0. The number of benzene rings is 3. The van der Waals surface area contributed by atoms with Gasteiger partial charge in [0.1, 0.15) is 35.8 Å². The van der Waals surface area contributed by atoms with Crippen LogP contribution in [0.1, 0.15) is 28.8 Å². The van der Waals surface area contributed by atoms with Gasteiger partial charge in [-0.05, 0) is 35.9 Å². The van der Waals surface area contributed by atoms with Crippen molar-refractivity contribution in [2.75, 3.05) is 12.4 Å². The number of ether oxygens (including phenoxy) is 2. The summed E-state index contributed by atoms with van der Waals surface area (Å²) in [5, 5.41) is 7.84. The van der Waals surface area contributed by atoms with Gasteiger partial charge in [0.2, 0.25) is 5.95 Å². The minimum atomic E-state index is -0.523. The third-order valence-corrected chi connectivity index (χ3v) is 5.94. The molecule has 158 valence electrons. The van der Waals surface area contributed by atoms with E-state index in [1.54, 1.807) is 23.9 Å². The zero-order valence-electron chi connectivity index (χ0n) is 17.2. The van der Waals surface area contributed by atoms with E-state index in [0.29, 0.717) is 11.5 Å². The fraction of sp³-hybridized carbons (Fsp3) is 0.120. The van der Waals surface area contributed by atoms with Crippen molar-refractivity contribution >= 4 is 11.6 Å². The van der Waals surface area contributed by atoms with Gasteiger partial charge in [0, 0.05) is 16.7 Å². The summed E-state index contributed by atoms with van der Waals surface area (Å²) in [5.74, 6) is 1.76. The highest BCUT2D eigenvalue weighted by molar-refractivity contribution is 5.85. The van der Waals surface area contributed by atoms with Crippen LogP contribution < -0.4 is 14.8 Å². The zero-order valence-corrected chi connectivity index (χ0v) is 17.2. The highest BCUT2D eigenvalue weighted by Gasteiger charge is 2.41. The second-order valence-electron chi connectivity index (χ2n) is 7.67. The summed E-state index contributed by atoms with van der Waals surface area (Å²) in [5.41, 5.74) is 4.08. The summed E-state index contributed by atoms with van der Waals surface area (Å²) in [6.45, 7) is 0. The number of hydrogen-bond acceptors (Lipinski definition) is 5. The SMILES string of the molecule is COc1ccc([C@@H]2Oc3ccccc3C3=C2[C@@H](c2ccccc2F)n2ncnc2N3)cc1. The number of anilines is 1. The Morgan fingerprint density at radius 2 is 1.78 bits per heavy atom. The van der Waals surface area contributed by atoms with E-state index in [-0.39, 0.29) is 5.82 Å². The van der Waals surface area contributed by atoms with Crippen molar-refractivity contribution in [2.45, 2.75) is 12.1 Å². The monoisotopic (exact) mass is 426 g/mol. The van der Waals surface area contributed by atoms with Crippen LogP contribution >= 0.6 is 0 Å². The molecule has 0 fully saturated rings. The van der Waals surface area contributed by atoms with Crippen molar-refractivity contribution in [3.05, 3.63) is 107 Å². The number of fused-ring (bicyclic) bond motifs is 3. The molecule has 0 bridgehead atoms. The predicted molar refractivity (Wildman–Crippen MR) is 118 cm³/mol. The molecule has 0 saturated heterocycles. The summed E-state index contributed by atoms with van der Waals surface area (Å²) in [4.78, 5) is 4.37. The number of rotatable bonds is 3. The van der Waals surface area contributed by atoms with E-state index in [1.807, 2.05) is 54.6 Å². The van der Waals surface area contributed by atoms with Gasteiger partial charge in [-0.15, -0.1) is 0 Å². The normalized spacial score (nSPS) is 18.7. The van der Waals surface area contributed by atoms with E-state index < -0.39 is 12.1 Å². The molecule has 7 heteroatoms. The minimum absolute atomic E-state index is 0.306. The first-order valence-corrected chi connectivity index (χ1v) is 10.3. The van der Waals surface area contributed by atoms with Crippen LogP contribution in [0.4, 0.5) is 10.3 Å². The Balaban J connectivity index is 1.62. The summed E-state index contributed by atoms with van der Waals surface area (Å²) < 4.78 is 28.7. The molecule has 2 aliphatic heterocycles. The standard InChI is InChI=1S/C25H19FN4O2/c1-31-16-12-10-15(11-13-16)24-21-22(18-7-3-5-9-20(18)32-24)29-25-27-14-28-30(25)23(21)17-6-2-4-8-19(17)26/h2-14,23-24H,1H3,(H,27,28,29)/t23-,24+/m1/s1. The van der Waals surface area contributed by atoms with Crippen LogP contribution in [-0.4, -0.2) is 21.9 Å². The van der Waals surface area contributed by atoms with E-state index in [4.69, 9.17) is 9.47 Å². The number of halogens is 1. The molecule has 6 nitrogen and oxygen atoms in total. The van der Waals surface area contributed by atoms with Gasteiger partial charge in [-0.3, -0.25) is 0 Å². The first kappa shape index (κ1) is 18.6. The van der Waals surface area contributed by atoms with E-state index in [1.165, 1.54) is 12.4 Å². The van der Waals surface area contributed by atoms with Crippen molar-refractivity contribution < 1.29 is 13.9 Å². The highest BCUT2D eigenvalue weighted by Crippen LogP contribution is 2.50. The van der Waals surface area contributed by atoms with Gasteiger partial charge in [0.25, 0.3) is 0 Å². The molecular formula is C25H19FN4O2. The number of nitrogens with zero attached hydrogens (tertiary/aromatic N) is 3. The number of aromatic nitrogens is 3. The molecule has 6 rings (SSSR count). The lowest BCUT2D eigenvalue weighted by molar-refractivity contribution is 0.222. The third kappa shape index (κ3) is 2.78. The smallest absolute Gasteiger partial charge is 0.226 e. The maximum absolute atomic E-state index is 15.1. The molecule has 0 aliphatic carbocycles. The Kier molecular flexibility index (Phi) is 4.21. The number of nitrogens with one attached hydrogen (secondary N) is 1. The molecule has 2 atom stereocenters. The number of methoxy groups -OCH3 is 1. The van der Waals surface area contributed by atoms with Gasteiger partial charge in [-0.1, -0.05) is 42.5 Å². The maximum Gasteiger partial charge on any atom is 0.226 e. The van der Waals surface area contributed by atoms with Gasteiger partial charge in [-0.2, -0.15) is 10.1 Å². The first-order chi connectivity index (χ1) is 15.7. The lowest BCUT2D eigenvalue weighted by Gasteiger charge is -2.39. The lowest BCUT2D eigenvalue weighted by Crippen LogP contribution is -2.32. The molecule has 3 aromatic carbocycles. The average molecular weight is 426 g/mol. The largest absolute Gasteiger partial charge is 0.497 e. The van der Waals surface area contributed by atoms with Crippen LogP contribution in [0.3, 0.4) is 0 Å². The number of hydrogen-bond donors (Lipinski definition) is 1. The quantitative estimate of drug-likeness (QED) is 0.500. The van der Waals surface area contributed by atoms with Crippen molar-refractivity contribution in [1.82, 2.24) is 14.8 Å². The maximum atomic E-state index is 15.1. The van der Waals surface area contributed by atoms with Crippen molar-refractivity contribution in [1.29, 1.82) is 0 Å². The van der Waals surface area contributed by atoms with Crippen LogP contribution in [-0.2, 0) is 0 Å². The van der Waals surface area contributed by atoms with Gasteiger partial charge >= 0.3 is 0 Å². The molecule has 0 saturated carbocycles. The van der Waals surface area contributed by atoms with Gasteiger partial charge in [0.05, 0.1) is 12.8 Å². The van der Waals surface area contributed by atoms with E-state index in [9.17, 15) is 0 Å². The molecular weight excluding hydrogens is 407 g/mol. The predicted octanol–water partition coefficient (Wildman–Crippen LogP) is 4.99. The topological polar surface area (TPSA) is 61.2 Å². The Hall–Kier alpha value is -4.13. The number of para-hydroxylation sites is 1. The Bertz CT molecular complexity index is 1350.